The van der Waals surface area contributed by atoms with E-state index in [1.54, 1.807) is 12.2 Å². The van der Waals surface area contributed by atoms with Crippen LogP contribution < -0.4 is 0 Å². The van der Waals surface area contributed by atoms with Crippen LogP contribution in [0.4, 0.5) is 0 Å². The molecular weight excluding hydrogens is 260 g/mol. The molecule has 0 amide bonds. The average Bonchev–Trinajstić information content (AvgIpc) is 2.53. The Balaban J connectivity index is 1.97. The molecule has 0 fully saturated rings. The van der Waals surface area contributed by atoms with Crippen LogP contribution in [0.25, 0.3) is 12.2 Å². The molecule has 0 atom stereocenters. The van der Waals surface area contributed by atoms with E-state index in [1.165, 1.54) is 18.2 Å². The summed E-state index contributed by atoms with van der Waals surface area (Å²) in [5.74, 6) is -0.323. The molecule has 2 aromatic rings. The summed E-state index contributed by atoms with van der Waals surface area (Å²) in [5.41, 5.74) is 1.91. The van der Waals surface area contributed by atoms with Crippen molar-refractivity contribution in [2.24, 2.45) is 0 Å². The number of hydrogen-bond acceptors (Lipinski definition) is 2. The van der Waals surface area contributed by atoms with Gasteiger partial charge in [-0.15, -0.1) is 0 Å². The third kappa shape index (κ3) is 5.33. The lowest BCUT2D eigenvalue weighted by Gasteiger charge is -1.93. The minimum absolute atomic E-state index is 0.0680. The highest BCUT2D eigenvalue weighted by Gasteiger charge is 1.94. The monoisotopic (exact) mass is 276 g/mol. The van der Waals surface area contributed by atoms with Crippen LogP contribution in [0.1, 0.15) is 11.1 Å². The highest BCUT2D eigenvalue weighted by atomic mass is 16.3. The molecule has 0 bridgehead atoms. The van der Waals surface area contributed by atoms with Crippen LogP contribution >= 0.6 is 0 Å². The fourth-order valence-electron chi connectivity index (χ4n) is 1.73. The summed E-state index contributed by atoms with van der Waals surface area (Å²) < 4.78 is 0. The molecule has 0 radical (unpaired) electrons. The average molecular weight is 276 g/mol. The molecule has 104 valence electrons. The van der Waals surface area contributed by atoms with E-state index in [9.17, 15) is 9.90 Å². The molecule has 0 aliphatic carbocycles. The SMILES string of the molecule is O=C(/C=C(O)/C=C/c1ccccc1)/C=C/c1ccccc1. The number of benzene rings is 2. The van der Waals surface area contributed by atoms with Gasteiger partial charge in [0.05, 0.1) is 0 Å². The Labute approximate surface area is 124 Å². The number of rotatable bonds is 5. The zero-order valence-corrected chi connectivity index (χ0v) is 11.5. The predicted octanol–water partition coefficient (Wildman–Crippen LogP) is 4.42. The second-order valence-electron chi connectivity index (χ2n) is 4.46. The fraction of sp³-hybridized carbons (Fsp3) is 0. The number of hydrogen-bond donors (Lipinski definition) is 1. The van der Waals surface area contributed by atoms with Crippen LogP contribution in [0, 0.1) is 0 Å². The first kappa shape index (κ1) is 14.5. The third-order valence-electron chi connectivity index (χ3n) is 2.78. The van der Waals surface area contributed by atoms with Gasteiger partial charge in [0.25, 0.3) is 0 Å². The Morgan fingerprint density at radius 3 is 1.76 bits per heavy atom. The largest absolute Gasteiger partial charge is 0.508 e. The summed E-state index contributed by atoms with van der Waals surface area (Å²) in [6, 6.07) is 19.1. The molecule has 21 heavy (non-hydrogen) atoms. The van der Waals surface area contributed by atoms with Crippen molar-refractivity contribution in [3.63, 3.8) is 0 Å². The lowest BCUT2D eigenvalue weighted by atomic mass is 10.2. The Hall–Kier alpha value is -2.87. The first-order valence-corrected chi connectivity index (χ1v) is 6.65. The van der Waals surface area contributed by atoms with Crippen LogP contribution in [0.5, 0.6) is 0 Å². The molecule has 0 heterocycles. The maximum Gasteiger partial charge on any atom is 0.182 e. The number of aliphatic hydroxyl groups excluding tert-OH is 1. The van der Waals surface area contributed by atoms with E-state index in [4.69, 9.17) is 0 Å². The molecule has 0 aromatic heterocycles. The standard InChI is InChI=1S/C19H16O2/c20-18(13-11-16-7-3-1-4-8-16)15-19(21)14-12-17-9-5-2-6-10-17/h1-15,20H/b13-11+,14-12+,18-15-. The summed E-state index contributed by atoms with van der Waals surface area (Å²) in [4.78, 5) is 11.7. The lowest BCUT2D eigenvalue weighted by molar-refractivity contribution is -0.110. The van der Waals surface area contributed by atoms with Gasteiger partial charge < -0.3 is 5.11 Å². The van der Waals surface area contributed by atoms with Gasteiger partial charge in [-0.2, -0.15) is 0 Å². The van der Waals surface area contributed by atoms with Gasteiger partial charge in [0.1, 0.15) is 5.76 Å². The Morgan fingerprint density at radius 1 is 0.762 bits per heavy atom. The number of ketones is 1. The Morgan fingerprint density at radius 2 is 1.24 bits per heavy atom. The van der Waals surface area contributed by atoms with E-state index in [0.29, 0.717) is 0 Å². The van der Waals surface area contributed by atoms with E-state index < -0.39 is 0 Å². The van der Waals surface area contributed by atoms with Gasteiger partial charge in [-0.3, -0.25) is 4.79 Å². The van der Waals surface area contributed by atoms with Crippen molar-refractivity contribution in [1.29, 1.82) is 0 Å². The molecule has 2 aromatic carbocycles. The molecule has 2 heteroatoms. The van der Waals surface area contributed by atoms with Crippen LogP contribution in [-0.2, 0) is 4.79 Å². The van der Waals surface area contributed by atoms with Crippen LogP contribution in [0.15, 0.2) is 84.7 Å². The van der Waals surface area contributed by atoms with Crippen LogP contribution in [0.2, 0.25) is 0 Å². The molecule has 0 aliphatic rings. The molecule has 0 unspecified atom stereocenters. The number of allylic oxidation sites excluding steroid dienone is 3. The zero-order valence-electron chi connectivity index (χ0n) is 11.5. The molecule has 0 aliphatic heterocycles. The second kappa shape index (κ2) is 7.65. The minimum Gasteiger partial charge on any atom is -0.508 e. The van der Waals surface area contributed by atoms with Gasteiger partial charge in [-0.25, -0.2) is 0 Å². The number of aliphatic hydroxyl groups is 1. The summed E-state index contributed by atoms with van der Waals surface area (Å²) in [5, 5.41) is 9.70. The molecule has 0 saturated carbocycles. The predicted molar refractivity (Wildman–Crippen MR) is 86.7 cm³/mol. The molecule has 2 rings (SSSR count). The van der Waals surface area contributed by atoms with E-state index in [1.807, 2.05) is 60.7 Å². The minimum atomic E-state index is -0.255. The maximum atomic E-state index is 11.7. The second-order valence-corrected chi connectivity index (χ2v) is 4.46. The van der Waals surface area contributed by atoms with Crippen LogP contribution in [0.3, 0.4) is 0 Å². The van der Waals surface area contributed by atoms with Crippen molar-refractivity contribution < 1.29 is 9.90 Å². The third-order valence-corrected chi connectivity index (χ3v) is 2.78. The van der Waals surface area contributed by atoms with Crippen LogP contribution in [-0.4, -0.2) is 10.9 Å². The van der Waals surface area contributed by atoms with Crippen molar-refractivity contribution in [3.8, 4) is 0 Å². The molecule has 1 N–H and O–H groups in total. The number of carbonyl (C=O) groups is 1. The van der Waals surface area contributed by atoms with Crippen molar-refractivity contribution in [2.75, 3.05) is 0 Å². The van der Waals surface area contributed by atoms with E-state index in [-0.39, 0.29) is 11.5 Å². The van der Waals surface area contributed by atoms with E-state index >= 15 is 0 Å². The smallest absolute Gasteiger partial charge is 0.182 e. The lowest BCUT2D eigenvalue weighted by Crippen LogP contribution is -1.88. The molecule has 2 nitrogen and oxygen atoms in total. The molecular formula is C19H16O2. The Kier molecular flexibility index (Phi) is 5.30. The Bertz CT molecular complexity index is 665. The summed E-state index contributed by atoms with van der Waals surface area (Å²) >= 11 is 0. The van der Waals surface area contributed by atoms with Gasteiger partial charge >= 0.3 is 0 Å². The van der Waals surface area contributed by atoms with Gasteiger partial charge in [0.15, 0.2) is 5.78 Å². The van der Waals surface area contributed by atoms with Gasteiger partial charge in [0, 0.05) is 6.08 Å². The maximum absolute atomic E-state index is 11.7. The zero-order chi connectivity index (χ0) is 14.9. The highest BCUT2D eigenvalue weighted by molar-refractivity contribution is 6.02. The molecule has 0 spiro atoms. The first-order chi connectivity index (χ1) is 10.2. The molecule has 0 saturated heterocycles. The summed E-state index contributed by atoms with van der Waals surface area (Å²) in [6.45, 7) is 0. The topological polar surface area (TPSA) is 37.3 Å². The van der Waals surface area contributed by atoms with E-state index in [2.05, 4.69) is 0 Å². The van der Waals surface area contributed by atoms with E-state index in [0.717, 1.165) is 11.1 Å². The van der Waals surface area contributed by atoms with Crippen molar-refractivity contribution in [2.45, 2.75) is 0 Å². The van der Waals surface area contributed by atoms with Crippen molar-refractivity contribution in [3.05, 3.63) is 95.8 Å². The summed E-state index contributed by atoms with van der Waals surface area (Å²) in [7, 11) is 0. The van der Waals surface area contributed by atoms with Crippen molar-refractivity contribution in [1.82, 2.24) is 0 Å². The number of carbonyl (C=O) groups excluding carboxylic acids is 1. The van der Waals surface area contributed by atoms with Gasteiger partial charge in [0.2, 0.25) is 0 Å². The quantitative estimate of drug-likeness (QED) is 0.498. The fourth-order valence-corrected chi connectivity index (χ4v) is 1.73. The summed E-state index contributed by atoms with van der Waals surface area (Å²) in [6.07, 6.45) is 7.59. The highest BCUT2D eigenvalue weighted by Crippen LogP contribution is 2.05. The first-order valence-electron chi connectivity index (χ1n) is 6.65. The van der Waals surface area contributed by atoms with Crippen molar-refractivity contribution >= 4 is 17.9 Å². The van der Waals surface area contributed by atoms with Gasteiger partial charge in [-0.1, -0.05) is 72.8 Å². The van der Waals surface area contributed by atoms with Gasteiger partial charge in [-0.05, 0) is 23.3 Å². The normalized spacial score (nSPS) is 12.1.